The van der Waals surface area contributed by atoms with E-state index >= 15 is 0 Å². The largest absolute Gasteiger partial charge is 0.378 e. The molecule has 1 saturated carbocycles. The lowest BCUT2D eigenvalue weighted by Gasteiger charge is -2.39. The number of carbonyl (C=O) groups is 1. The van der Waals surface area contributed by atoms with Crippen molar-refractivity contribution in [3.05, 3.63) is 53.6 Å². The van der Waals surface area contributed by atoms with Crippen molar-refractivity contribution in [3.8, 4) is 0 Å². The number of likely N-dealkylation sites (tertiary alicyclic amines) is 1. The van der Waals surface area contributed by atoms with Crippen molar-refractivity contribution in [2.24, 2.45) is 13.0 Å². The monoisotopic (exact) mass is 505 g/mol. The Balaban J connectivity index is 0.000000363. The van der Waals surface area contributed by atoms with Gasteiger partial charge in [0.25, 0.3) is 5.91 Å². The summed E-state index contributed by atoms with van der Waals surface area (Å²) >= 11 is 1.62. The molecular formula is C26H40FN5O2S. The highest BCUT2D eigenvalue weighted by Crippen LogP contribution is 2.25. The van der Waals surface area contributed by atoms with Crippen molar-refractivity contribution < 1.29 is 13.9 Å². The number of nitrogens with zero attached hydrogens (tertiary/aromatic N) is 4. The zero-order valence-corrected chi connectivity index (χ0v) is 22.3. The second-order valence-electron chi connectivity index (χ2n) is 9.66. The van der Waals surface area contributed by atoms with Crippen LogP contribution in [0.15, 0.2) is 36.5 Å². The highest BCUT2D eigenvalue weighted by Gasteiger charge is 2.33. The van der Waals surface area contributed by atoms with Crippen LogP contribution in [-0.4, -0.2) is 70.8 Å². The molecule has 1 amide bonds. The molecule has 2 atom stereocenters. The van der Waals surface area contributed by atoms with Crippen molar-refractivity contribution in [2.45, 2.75) is 57.6 Å². The Labute approximate surface area is 213 Å². The Bertz CT molecular complexity index is 901. The van der Waals surface area contributed by atoms with Gasteiger partial charge in [-0.3, -0.25) is 9.48 Å². The molecule has 2 heterocycles. The lowest BCUT2D eigenvalue weighted by molar-refractivity contribution is -0.0126. The minimum Gasteiger partial charge on any atom is -0.378 e. The zero-order chi connectivity index (χ0) is 25.2. The molecule has 2 aromatic rings. The molecule has 1 saturated heterocycles. The van der Waals surface area contributed by atoms with Gasteiger partial charge >= 0.3 is 0 Å². The molecule has 0 spiro atoms. The second-order valence-corrected chi connectivity index (χ2v) is 10.8. The summed E-state index contributed by atoms with van der Waals surface area (Å²) in [5.41, 5.74) is 1.61. The van der Waals surface area contributed by atoms with Crippen molar-refractivity contribution in [3.63, 3.8) is 0 Å². The number of nitrogens with one attached hydrogen (secondary N) is 1. The topological polar surface area (TPSA) is 62.6 Å². The molecular weight excluding hydrogens is 465 g/mol. The highest BCUT2D eigenvalue weighted by molar-refractivity contribution is 7.95. The van der Waals surface area contributed by atoms with Gasteiger partial charge in [-0.05, 0) is 64.0 Å². The van der Waals surface area contributed by atoms with E-state index in [1.807, 2.05) is 39.0 Å². The number of piperidine rings is 1. The van der Waals surface area contributed by atoms with Crippen molar-refractivity contribution >= 4 is 18.0 Å². The van der Waals surface area contributed by atoms with Gasteiger partial charge in [-0.15, -0.1) is 0 Å². The van der Waals surface area contributed by atoms with Crippen LogP contribution < -0.4 is 4.72 Å². The normalized spacial score (nSPS) is 21.0. The molecule has 1 unspecified atom stereocenters. The minimum atomic E-state index is -0.162. The molecule has 0 radical (unpaired) electrons. The van der Waals surface area contributed by atoms with E-state index in [9.17, 15) is 9.18 Å². The Kier molecular flexibility index (Phi) is 11.0. The van der Waals surface area contributed by atoms with Crippen LogP contribution in [0.5, 0.6) is 0 Å². The van der Waals surface area contributed by atoms with Gasteiger partial charge in [0.2, 0.25) is 0 Å². The van der Waals surface area contributed by atoms with E-state index in [-0.39, 0.29) is 11.7 Å². The fraction of sp³-hybridized carbons (Fsp3) is 0.615. The number of benzene rings is 1. The molecule has 1 aliphatic heterocycles. The predicted octanol–water partition coefficient (Wildman–Crippen LogP) is 4.45. The molecule has 7 nitrogen and oxygen atoms in total. The van der Waals surface area contributed by atoms with E-state index in [0.29, 0.717) is 30.4 Å². The highest BCUT2D eigenvalue weighted by atomic mass is 32.2. The summed E-state index contributed by atoms with van der Waals surface area (Å²) in [4.78, 5) is 14.9. The lowest BCUT2D eigenvalue weighted by atomic mass is 9.92. The number of amides is 1. The molecule has 1 N–H and O–H groups in total. The first-order chi connectivity index (χ1) is 16.8. The Hall–Kier alpha value is -1.94. The second kappa shape index (κ2) is 14.0. The fourth-order valence-electron chi connectivity index (χ4n) is 4.56. The van der Waals surface area contributed by atoms with E-state index in [4.69, 9.17) is 4.74 Å². The van der Waals surface area contributed by atoms with Crippen LogP contribution in [0, 0.1) is 18.7 Å². The number of aryl methyl sites for hydroxylation is 2. The number of ether oxygens (including phenoxy) is 1. The molecule has 0 bridgehead atoms. The number of hydrogen-bond acceptors (Lipinski definition) is 6. The van der Waals surface area contributed by atoms with Gasteiger partial charge in [-0.2, -0.15) is 5.10 Å². The zero-order valence-electron chi connectivity index (χ0n) is 21.5. The van der Waals surface area contributed by atoms with Gasteiger partial charge in [0.05, 0.1) is 12.7 Å². The minimum absolute atomic E-state index is 0.0661. The van der Waals surface area contributed by atoms with Gasteiger partial charge in [0.1, 0.15) is 11.5 Å². The maximum absolute atomic E-state index is 12.9. The molecule has 194 valence electrons. The molecule has 1 aromatic heterocycles. The fourth-order valence-corrected chi connectivity index (χ4v) is 5.21. The molecule has 2 fully saturated rings. The third kappa shape index (κ3) is 8.90. The van der Waals surface area contributed by atoms with E-state index in [2.05, 4.69) is 14.1 Å². The van der Waals surface area contributed by atoms with Crippen LogP contribution in [0.1, 0.15) is 54.6 Å². The predicted molar refractivity (Wildman–Crippen MR) is 139 cm³/mol. The van der Waals surface area contributed by atoms with Gasteiger partial charge in [-0.25, -0.2) is 13.4 Å². The summed E-state index contributed by atoms with van der Waals surface area (Å²) in [5.74, 6) is 0.201. The number of hydrogen-bond donors (Lipinski definition) is 1. The van der Waals surface area contributed by atoms with Crippen LogP contribution in [0.4, 0.5) is 4.39 Å². The van der Waals surface area contributed by atoms with Crippen molar-refractivity contribution in [2.75, 3.05) is 33.8 Å². The number of halogens is 1. The Morgan fingerprint density at radius 2 is 2.00 bits per heavy atom. The first-order valence-electron chi connectivity index (χ1n) is 12.5. The van der Waals surface area contributed by atoms with Crippen LogP contribution in [-0.2, 0) is 11.8 Å². The third-order valence-electron chi connectivity index (χ3n) is 6.53. The standard InChI is InChI=1S/C19H33N5O2S.C7H7F/c1-22(2)27-21-17-10-12-24(19(25)18-9-11-20-23(18)3)13-15(17)14-26-16-7-5-4-6-8-16;1-6-3-2-4-7(8)5-6/h9,11,15-17,21H,4-8,10,12-14H2,1-3H3;2-5H,1H3/t15-,17?;/m0./s1. The first kappa shape index (κ1) is 27.6. The van der Waals surface area contributed by atoms with E-state index in [0.717, 1.165) is 25.1 Å². The molecule has 35 heavy (non-hydrogen) atoms. The average Bonchev–Trinajstić information content (AvgIpc) is 3.28. The Morgan fingerprint density at radius 1 is 1.23 bits per heavy atom. The van der Waals surface area contributed by atoms with Crippen LogP contribution >= 0.6 is 12.1 Å². The van der Waals surface area contributed by atoms with E-state index in [1.165, 1.54) is 44.2 Å². The summed E-state index contributed by atoms with van der Waals surface area (Å²) in [7, 11) is 5.89. The van der Waals surface area contributed by atoms with E-state index < -0.39 is 0 Å². The molecule has 1 aliphatic carbocycles. The number of aromatic nitrogens is 2. The van der Waals surface area contributed by atoms with Gasteiger partial charge < -0.3 is 9.64 Å². The molecule has 2 aliphatic rings. The van der Waals surface area contributed by atoms with Crippen molar-refractivity contribution in [1.82, 2.24) is 23.7 Å². The quantitative estimate of drug-likeness (QED) is 0.561. The van der Waals surface area contributed by atoms with Crippen LogP contribution in [0.3, 0.4) is 0 Å². The molecule has 9 heteroatoms. The number of carbonyl (C=O) groups excluding carboxylic acids is 1. The van der Waals surface area contributed by atoms with Crippen LogP contribution in [0.25, 0.3) is 0 Å². The summed E-state index contributed by atoms with van der Waals surface area (Å²) in [6, 6.07) is 8.64. The van der Waals surface area contributed by atoms with Gasteiger partial charge in [0.15, 0.2) is 0 Å². The summed E-state index contributed by atoms with van der Waals surface area (Å²) in [6.07, 6.45) is 9.24. The molecule has 1 aromatic carbocycles. The summed E-state index contributed by atoms with van der Waals surface area (Å²) < 4.78 is 25.7. The van der Waals surface area contributed by atoms with Gasteiger partial charge in [-0.1, -0.05) is 31.4 Å². The van der Waals surface area contributed by atoms with Crippen LogP contribution in [0.2, 0.25) is 0 Å². The first-order valence-corrected chi connectivity index (χ1v) is 13.3. The summed E-state index contributed by atoms with van der Waals surface area (Å²) in [6.45, 7) is 4.06. The Morgan fingerprint density at radius 3 is 2.60 bits per heavy atom. The SMILES string of the molecule is CN(C)SNC1CCN(C(=O)c2ccnn2C)C[C@H]1COC1CCCCC1.Cc1cccc(F)c1. The van der Waals surface area contributed by atoms with Crippen molar-refractivity contribution in [1.29, 1.82) is 0 Å². The maximum atomic E-state index is 12.9. The smallest absolute Gasteiger partial charge is 0.272 e. The third-order valence-corrected chi connectivity index (χ3v) is 7.30. The van der Waals surface area contributed by atoms with E-state index in [1.54, 1.807) is 35.1 Å². The number of rotatable bonds is 7. The maximum Gasteiger partial charge on any atom is 0.272 e. The summed E-state index contributed by atoms with van der Waals surface area (Å²) in [5, 5.41) is 4.14. The molecule has 4 rings (SSSR count). The average molecular weight is 506 g/mol. The van der Waals surface area contributed by atoms with Gasteiger partial charge in [0, 0.05) is 50.4 Å². The lowest BCUT2D eigenvalue weighted by Crippen LogP contribution is -2.52.